The van der Waals surface area contributed by atoms with Crippen molar-refractivity contribution >= 4 is 15.9 Å². The van der Waals surface area contributed by atoms with Crippen molar-refractivity contribution in [1.82, 2.24) is 9.21 Å². The summed E-state index contributed by atoms with van der Waals surface area (Å²) < 4.78 is 26.0. The number of amides is 1. The Kier molecular flexibility index (Phi) is 6.30. The maximum absolute atomic E-state index is 12.6. The highest BCUT2D eigenvalue weighted by Gasteiger charge is 2.24. The van der Waals surface area contributed by atoms with Crippen LogP contribution in [0.3, 0.4) is 0 Å². The van der Waals surface area contributed by atoms with E-state index in [-0.39, 0.29) is 22.9 Å². The van der Waals surface area contributed by atoms with Crippen LogP contribution in [-0.2, 0) is 10.0 Å². The molecule has 0 unspecified atom stereocenters. The second kappa shape index (κ2) is 7.57. The van der Waals surface area contributed by atoms with Gasteiger partial charge in [0.25, 0.3) is 5.91 Å². The standard InChI is InChI=1S/C16H23N3O3S/c1-6-8-19(9-7-17)16(20)14-10-12(2)13(3)15(11-14)23(21,22)18(4)5/h10-11H,6,8-9H2,1-5H3. The lowest BCUT2D eigenvalue weighted by molar-refractivity contribution is 0.0775. The van der Waals surface area contributed by atoms with E-state index in [1.807, 2.05) is 13.0 Å². The Balaban J connectivity index is 3.43. The van der Waals surface area contributed by atoms with Gasteiger partial charge in [-0.25, -0.2) is 12.7 Å². The predicted octanol–water partition coefficient (Wildman–Crippen LogP) is 1.93. The predicted molar refractivity (Wildman–Crippen MR) is 88.6 cm³/mol. The molecule has 0 saturated heterocycles. The molecule has 0 radical (unpaired) electrons. The summed E-state index contributed by atoms with van der Waals surface area (Å²) >= 11 is 0. The van der Waals surface area contributed by atoms with Crippen LogP contribution in [0.4, 0.5) is 0 Å². The number of hydrogen-bond acceptors (Lipinski definition) is 4. The molecule has 0 aliphatic rings. The highest BCUT2D eigenvalue weighted by molar-refractivity contribution is 7.89. The Morgan fingerprint density at radius 1 is 1.26 bits per heavy atom. The summed E-state index contributed by atoms with van der Waals surface area (Å²) in [4.78, 5) is 14.2. The molecule has 0 atom stereocenters. The Bertz CT molecular complexity index is 734. The molecule has 1 rings (SSSR count). The molecule has 0 N–H and O–H groups in total. The summed E-state index contributed by atoms with van der Waals surface area (Å²) in [5, 5.41) is 8.87. The molecule has 0 saturated carbocycles. The van der Waals surface area contributed by atoms with Gasteiger partial charge in [-0.05, 0) is 43.5 Å². The lowest BCUT2D eigenvalue weighted by Crippen LogP contribution is -2.32. The SMILES string of the molecule is CCCN(CC#N)C(=O)c1cc(C)c(C)c(S(=O)(=O)N(C)C)c1. The van der Waals surface area contributed by atoms with Crippen LogP contribution in [0.2, 0.25) is 0 Å². The first-order chi connectivity index (χ1) is 10.7. The molecule has 23 heavy (non-hydrogen) atoms. The van der Waals surface area contributed by atoms with E-state index < -0.39 is 10.0 Å². The van der Waals surface area contributed by atoms with Gasteiger partial charge < -0.3 is 4.90 Å². The van der Waals surface area contributed by atoms with Crippen molar-refractivity contribution in [2.45, 2.75) is 32.1 Å². The van der Waals surface area contributed by atoms with Crippen molar-refractivity contribution in [2.75, 3.05) is 27.2 Å². The molecule has 0 aliphatic carbocycles. The summed E-state index contributed by atoms with van der Waals surface area (Å²) in [6, 6.07) is 5.05. The minimum absolute atomic E-state index is 0.0185. The third-order valence-electron chi connectivity index (χ3n) is 3.67. The van der Waals surface area contributed by atoms with Gasteiger partial charge in [-0.1, -0.05) is 6.92 Å². The van der Waals surface area contributed by atoms with Gasteiger partial charge in [-0.15, -0.1) is 0 Å². The fourth-order valence-corrected chi connectivity index (χ4v) is 3.42. The molecule has 0 bridgehead atoms. The molecule has 0 aliphatic heterocycles. The van der Waals surface area contributed by atoms with E-state index in [1.165, 1.54) is 25.1 Å². The zero-order valence-corrected chi connectivity index (χ0v) is 15.1. The zero-order valence-electron chi connectivity index (χ0n) is 14.3. The Morgan fingerprint density at radius 2 is 1.87 bits per heavy atom. The summed E-state index contributed by atoms with van der Waals surface area (Å²) in [6.07, 6.45) is 0.723. The zero-order chi connectivity index (χ0) is 17.8. The van der Waals surface area contributed by atoms with E-state index >= 15 is 0 Å². The molecular formula is C16H23N3O3S. The topological polar surface area (TPSA) is 81.5 Å². The van der Waals surface area contributed by atoms with Gasteiger partial charge in [0.1, 0.15) is 6.54 Å². The van der Waals surface area contributed by atoms with Crippen LogP contribution in [0.15, 0.2) is 17.0 Å². The van der Waals surface area contributed by atoms with Gasteiger partial charge in [0, 0.05) is 26.2 Å². The lowest BCUT2D eigenvalue weighted by atomic mass is 10.1. The second-order valence-electron chi connectivity index (χ2n) is 5.59. The average molecular weight is 337 g/mol. The van der Waals surface area contributed by atoms with Gasteiger partial charge in [0.15, 0.2) is 0 Å². The van der Waals surface area contributed by atoms with Gasteiger partial charge in [-0.3, -0.25) is 4.79 Å². The summed E-state index contributed by atoms with van der Waals surface area (Å²) in [6.45, 7) is 5.85. The van der Waals surface area contributed by atoms with Crippen LogP contribution < -0.4 is 0 Å². The highest BCUT2D eigenvalue weighted by Crippen LogP contribution is 2.24. The van der Waals surface area contributed by atoms with Crippen LogP contribution in [0, 0.1) is 25.2 Å². The summed E-state index contributed by atoms with van der Waals surface area (Å²) in [7, 11) is -0.727. The molecule has 126 valence electrons. The Labute approximate surface area is 138 Å². The van der Waals surface area contributed by atoms with E-state index in [0.717, 1.165) is 16.3 Å². The number of sulfonamides is 1. The maximum atomic E-state index is 12.6. The molecule has 6 nitrogen and oxygen atoms in total. The van der Waals surface area contributed by atoms with Gasteiger partial charge in [0.05, 0.1) is 11.0 Å². The molecular weight excluding hydrogens is 314 g/mol. The first kappa shape index (κ1) is 19.1. The lowest BCUT2D eigenvalue weighted by Gasteiger charge is -2.21. The van der Waals surface area contributed by atoms with Crippen molar-refractivity contribution in [3.8, 4) is 6.07 Å². The van der Waals surface area contributed by atoms with Crippen LogP contribution in [-0.4, -0.2) is 50.7 Å². The summed E-state index contributed by atoms with van der Waals surface area (Å²) in [5.41, 5.74) is 1.64. The van der Waals surface area contributed by atoms with Gasteiger partial charge in [-0.2, -0.15) is 5.26 Å². The van der Waals surface area contributed by atoms with Crippen LogP contribution in [0.5, 0.6) is 0 Å². The average Bonchev–Trinajstić information content (AvgIpc) is 2.48. The van der Waals surface area contributed by atoms with Crippen molar-refractivity contribution in [3.05, 3.63) is 28.8 Å². The normalized spacial score (nSPS) is 11.3. The molecule has 1 amide bonds. The molecule has 0 fully saturated rings. The fourth-order valence-electron chi connectivity index (χ4n) is 2.21. The molecule has 1 aromatic carbocycles. The summed E-state index contributed by atoms with van der Waals surface area (Å²) in [5.74, 6) is -0.327. The molecule has 0 heterocycles. The van der Waals surface area contributed by atoms with E-state index in [1.54, 1.807) is 19.9 Å². The highest BCUT2D eigenvalue weighted by atomic mass is 32.2. The van der Waals surface area contributed by atoms with Crippen LogP contribution in [0.25, 0.3) is 0 Å². The number of carbonyl (C=O) groups excluding carboxylic acids is 1. The van der Waals surface area contributed by atoms with E-state index in [9.17, 15) is 13.2 Å². The van der Waals surface area contributed by atoms with Crippen molar-refractivity contribution in [1.29, 1.82) is 5.26 Å². The van der Waals surface area contributed by atoms with Gasteiger partial charge >= 0.3 is 0 Å². The van der Waals surface area contributed by atoms with Crippen molar-refractivity contribution < 1.29 is 13.2 Å². The van der Waals surface area contributed by atoms with E-state index in [2.05, 4.69) is 0 Å². The van der Waals surface area contributed by atoms with Crippen LogP contribution >= 0.6 is 0 Å². The third kappa shape index (κ3) is 4.09. The minimum Gasteiger partial charge on any atom is -0.325 e. The fraction of sp³-hybridized carbons (Fsp3) is 0.500. The number of nitrogens with zero attached hydrogens (tertiary/aromatic N) is 3. The third-order valence-corrected chi connectivity index (χ3v) is 5.61. The number of carbonyl (C=O) groups is 1. The second-order valence-corrected chi connectivity index (χ2v) is 7.71. The number of aryl methyl sites for hydroxylation is 1. The van der Waals surface area contributed by atoms with Gasteiger partial charge in [0.2, 0.25) is 10.0 Å². The Morgan fingerprint density at radius 3 is 2.35 bits per heavy atom. The quantitative estimate of drug-likeness (QED) is 0.743. The molecule has 1 aromatic rings. The van der Waals surface area contributed by atoms with Crippen molar-refractivity contribution in [3.63, 3.8) is 0 Å². The Hall–Kier alpha value is -1.91. The number of benzene rings is 1. The maximum Gasteiger partial charge on any atom is 0.254 e. The largest absolute Gasteiger partial charge is 0.325 e. The van der Waals surface area contributed by atoms with Crippen molar-refractivity contribution in [2.24, 2.45) is 0 Å². The molecule has 0 aromatic heterocycles. The van der Waals surface area contributed by atoms with E-state index in [0.29, 0.717) is 12.1 Å². The molecule has 0 spiro atoms. The smallest absolute Gasteiger partial charge is 0.254 e. The first-order valence-corrected chi connectivity index (χ1v) is 8.80. The molecule has 7 heteroatoms. The van der Waals surface area contributed by atoms with Crippen LogP contribution in [0.1, 0.15) is 34.8 Å². The number of rotatable bonds is 6. The minimum atomic E-state index is -3.64. The first-order valence-electron chi connectivity index (χ1n) is 7.36. The number of nitriles is 1. The monoisotopic (exact) mass is 337 g/mol. The number of hydrogen-bond donors (Lipinski definition) is 0. The van der Waals surface area contributed by atoms with E-state index in [4.69, 9.17) is 5.26 Å².